The van der Waals surface area contributed by atoms with Crippen LogP contribution in [0, 0.1) is 5.92 Å². The minimum atomic E-state index is -0.728. The van der Waals surface area contributed by atoms with Gasteiger partial charge in [0.2, 0.25) is 11.8 Å². The van der Waals surface area contributed by atoms with Crippen LogP contribution in [0.1, 0.15) is 60.9 Å². The predicted molar refractivity (Wildman–Crippen MR) is 224 cm³/mol. The molecule has 4 aromatic rings. The monoisotopic (exact) mass is 824 g/mol. The molecule has 13 nitrogen and oxygen atoms in total. The van der Waals surface area contributed by atoms with Crippen LogP contribution >= 0.6 is 23.5 Å². The normalized spacial score (nSPS) is 19.0. The Kier molecular flexibility index (Phi) is 12.8. The fourth-order valence-electron chi connectivity index (χ4n) is 7.69. The van der Waals surface area contributed by atoms with E-state index in [0.29, 0.717) is 30.9 Å². The number of ketones is 1. The van der Waals surface area contributed by atoms with Gasteiger partial charge in [-0.25, -0.2) is 14.6 Å². The number of H-pyrrole nitrogens is 1. The summed E-state index contributed by atoms with van der Waals surface area (Å²) in [5.41, 5.74) is 4.85. The Morgan fingerprint density at radius 2 is 1.59 bits per heavy atom. The number of carbonyl (C=O) groups excluding carboxylic acids is 5. The molecule has 0 saturated carbocycles. The molecule has 3 N–H and O–H groups in total. The third kappa shape index (κ3) is 9.20. The molecule has 4 heterocycles. The molecule has 3 aromatic carbocycles. The van der Waals surface area contributed by atoms with Crippen LogP contribution < -0.4 is 10.6 Å². The number of hydrogen-bond acceptors (Lipinski definition) is 10. The number of ether oxygens (including phenoxy) is 2. The second kappa shape index (κ2) is 18.1. The van der Waals surface area contributed by atoms with Crippen molar-refractivity contribution >= 4 is 53.3 Å². The zero-order valence-corrected chi connectivity index (χ0v) is 34.4. The van der Waals surface area contributed by atoms with Crippen molar-refractivity contribution in [2.24, 2.45) is 5.92 Å². The second-order valence-corrected chi connectivity index (χ2v) is 18.2. The summed E-state index contributed by atoms with van der Waals surface area (Å²) >= 11 is 3.55. The quantitative estimate of drug-likeness (QED) is 0.132. The van der Waals surface area contributed by atoms with E-state index in [4.69, 9.17) is 14.5 Å². The molecule has 304 valence electrons. The number of rotatable bonds is 12. The van der Waals surface area contributed by atoms with E-state index in [1.807, 2.05) is 86.8 Å². The molecule has 7 rings (SSSR count). The summed E-state index contributed by atoms with van der Waals surface area (Å²) in [6.07, 6.45) is 2.75. The molecule has 0 aliphatic carbocycles. The van der Waals surface area contributed by atoms with Gasteiger partial charge in [0, 0.05) is 48.3 Å². The third-order valence-corrected chi connectivity index (χ3v) is 14.3. The molecule has 58 heavy (non-hydrogen) atoms. The van der Waals surface area contributed by atoms with E-state index in [-0.39, 0.29) is 46.8 Å². The zero-order valence-electron chi connectivity index (χ0n) is 32.8. The maximum absolute atomic E-state index is 13.5. The number of Topliss-reactive ketones (excluding diaryl/α,β-unsaturated/α-hetero) is 1. The van der Waals surface area contributed by atoms with E-state index >= 15 is 0 Å². The molecule has 15 heteroatoms. The fourth-order valence-corrected chi connectivity index (χ4v) is 10.9. The molecule has 3 atom stereocenters. The maximum atomic E-state index is 13.5. The second-order valence-electron chi connectivity index (χ2n) is 15.0. The predicted octanol–water partition coefficient (Wildman–Crippen LogP) is 6.67. The number of hydrogen-bond donors (Lipinski definition) is 3. The van der Waals surface area contributed by atoms with Gasteiger partial charge in [-0.3, -0.25) is 19.3 Å². The van der Waals surface area contributed by atoms with Crippen molar-refractivity contribution in [1.82, 2.24) is 30.4 Å². The number of aromatic nitrogens is 2. The first-order chi connectivity index (χ1) is 28.0. The van der Waals surface area contributed by atoms with Crippen LogP contribution in [0.3, 0.4) is 0 Å². The van der Waals surface area contributed by atoms with Crippen LogP contribution in [0.2, 0.25) is 0 Å². The Labute approximate surface area is 346 Å². The number of benzene rings is 3. The number of thioether (sulfide) groups is 2. The molecule has 1 aromatic heterocycles. The number of carbonyl (C=O) groups is 5. The number of amides is 4. The van der Waals surface area contributed by atoms with Crippen LogP contribution in [0.5, 0.6) is 0 Å². The highest BCUT2D eigenvalue weighted by Gasteiger charge is 2.52. The number of methoxy groups -OCH3 is 1. The lowest BCUT2D eigenvalue weighted by Gasteiger charge is -2.29. The van der Waals surface area contributed by atoms with Gasteiger partial charge >= 0.3 is 12.2 Å². The molecule has 0 bridgehead atoms. The number of nitrogens with zero attached hydrogens (tertiary/aromatic N) is 3. The molecule has 3 saturated heterocycles. The average molecular weight is 825 g/mol. The Balaban J connectivity index is 0.942. The van der Waals surface area contributed by atoms with E-state index in [0.717, 1.165) is 52.3 Å². The first-order valence-corrected chi connectivity index (χ1v) is 21.5. The first kappa shape index (κ1) is 40.9. The Hall–Kier alpha value is -5.28. The molecular weight excluding hydrogens is 777 g/mol. The van der Waals surface area contributed by atoms with Crippen molar-refractivity contribution in [1.29, 1.82) is 0 Å². The molecule has 4 amide bonds. The fraction of sp³-hybridized carbons (Fsp3) is 0.395. The average Bonchev–Trinajstić information content (AvgIpc) is 4.09. The minimum Gasteiger partial charge on any atom is -0.453 e. The molecule has 0 unspecified atom stereocenters. The summed E-state index contributed by atoms with van der Waals surface area (Å²) in [4.78, 5) is 76.9. The van der Waals surface area contributed by atoms with E-state index in [1.165, 1.54) is 12.0 Å². The van der Waals surface area contributed by atoms with Gasteiger partial charge < -0.3 is 30.0 Å². The summed E-state index contributed by atoms with van der Waals surface area (Å²) in [6, 6.07) is 23.0. The summed E-state index contributed by atoms with van der Waals surface area (Å²) in [7, 11) is 1.28. The Morgan fingerprint density at radius 1 is 0.914 bits per heavy atom. The van der Waals surface area contributed by atoms with Crippen LogP contribution in [-0.2, 0) is 25.7 Å². The van der Waals surface area contributed by atoms with Gasteiger partial charge in [0.25, 0.3) is 0 Å². The lowest BCUT2D eigenvalue weighted by molar-refractivity contribution is -0.135. The highest BCUT2D eigenvalue weighted by atomic mass is 32.2. The number of likely N-dealkylation sites (tertiary alicyclic amines) is 2. The van der Waals surface area contributed by atoms with Crippen molar-refractivity contribution in [2.75, 3.05) is 38.2 Å². The number of imidazole rings is 1. The van der Waals surface area contributed by atoms with Gasteiger partial charge in [0.05, 0.1) is 29.5 Å². The number of nitrogens with one attached hydrogen (secondary N) is 3. The molecule has 0 radical (unpaired) electrons. The van der Waals surface area contributed by atoms with E-state index in [2.05, 4.69) is 15.6 Å². The summed E-state index contributed by atoms with van der Waals surface area (Å²) in [5.74, 6) is 1.73. The largest absolute Gasteiger partial charge is 0.453 e. The van der Waals surface area contributed by atoms with Crippen LogP contribution in [-0.4, -0.2) is 104 Å². The summed E-state index contributed by atoms with van der Waals surface area (Å²) < 4.78 is 10.1. The van der Waals surface area contributed by atoms with Gasteiger partial charge in [0.15, 0.2) is 5.78 Å². The molecule has 3 fully saturated rings. The topological polar surface area (TPSA) is 163 Å². The van der Waals surface area contributed by atoms with Crippen molar-refractivity contribution < 1.29 is 33.4 Å². The Morgan fingerprint density at radius 3 is 2.26 bits per heavy atom. The SMILES string of the molecule is COC(=O)N[C@H](C(=O)N1CCC[C@H]1c1nc(-c2ccc(-c3ccc(C(=O)CNC(=O)[C@@H]4CC5(CN4C(=O)OCc4ccccc4)SCCS5)cc3)cc2)c[nH]1)C(C)C. The van der Waals surface area contributed by atoms with Gasteiger partial charge in [-0.15, -0.1) is 23.5 Å². The molecule has 1 spiro atoms. The summed E-state index contributed by atoms with van der Waals surface area (Å²) in [5, 5.41) is 5.48. The Bertz CT molecular complexity index is 2110. The standard InChI is InChI=1S/C43H48N6O7S2/c1-27(2)37(47-41(53)55-3)40(52)48-19-7-10-34(48)38-44-23-33(46-38)31-15-11-29(12-16-31)30-13-17-32(18-14-30)36(50)24-45-39(51)35-22-43(57-20-21-58-43)26-49(35)42(54)56-25-28-8-5-4-6-9-28/h4-6,8-9,11-18,23,27,34-35,37H,7,10,19-22,24-26H2,1-3H3,(H,44,46)(H,45,51)(H,47,53)/t34-,35-,37-/m0/s1. The van der Waals surface area contributed by atoms with Gasteiger partial charge in [-0.2, -0.15) is 0 Å². The van der Waals surface area contributed by atoms with Gasteiger partial charge in [-0.05, 0) is 35.4 Å². The molecule has 3 aliphatic heterocycles. The van der Waals surface area contributed by atoms with E-state index in [1.54, 1.807) is 40.6 Å². The van der Waals surface area contributed by atoms with Crippen LogP contribution in [0.15, 0.2) is 85.1 Å². The number of aromatic amines is 1. The molecule has 3 aliphatic rings. The van der Waals surface area contributed by atoms with Crippen LogP contribution in [0.25, 0.3) is 22.4 Å². The summed E-state index contributed by atoms with van der Waals surface area (Å²) in [6.45, 7) is 4.68. The minimum absolute atomic E-state index is 0.116. The first-order valence-electron chi connectivity index (χ1n) is 19.5. The van der Waals surface area contributed by atoms with Crippen LogP contribution in [0.4, 0.5) is 9.59 Å². The smallest absolute Gasteiger partial charge is 0.410 e. The van der Waals surface area contributed by atoms with Crippen molar-refractivity contribution in [3.63, 3.8) is 0 Å². The van der Waals surface area contributed by atoms with Gasteiger partial charge in [-0.1, -0.05) is 92.7 Å². The highest BCUT2D eigenvalue weighted by molar-refractivity contribution is 8.21. The van der Waals surface area contributed by atoms with Crippen molar-refractivity contribution in [3.8, 4) is 22.4 Å². The lowest BCUT2D eigenvalue weighted by Crippen LogP contribution is -2.51. The lowest BCUT2D eigenvalue weighted by atomic mass is 10.0. The van der Waals surface area contributed by atoms with E-state index in [9.17, 15) is 24.0 Å². The number of alkyl carbamates (subject to hydrolysis) is 1. The molecular formula is C43H48N6O7S2. The van der Waals surface area contributed by atoms with Crippen molar-refractivity contribution in [2.45, 2.75) is 61.9 Å². The maximum Gasteiger partial charge on any atom is 0.410 e. The zero-order chi connectivity index (χ0) is 40.8. The van der Waals surface area contributed by atoms with Crippen molar-refractivity contribution in [3.05, 3.63) is 102 Å². The highest BCUT2D eigenvalue weighted by Crippen LogP contribution is 2.52. The third-order valence-electron chi connectivity index (χ3n) is 10.8. The van der Waals surface area contributed by atoms with Gasteiger partial charge in [0.1, 0.15) is 24.5 Å². The van der Waals surface area contributed by atoms with E-state index < -0.39 is 24.3 Å².